The molecule has 2 heterocycles. The number of nitrogens with one attached hydrogen (secondary N) is 1. The van der Waals surface area contributed by atoms with Crippen molar-refractivity contribution in [1.82, 2.24) is 10.2 Å². The molecule has 2 amide bonds. The summed E-state index contributed by atoms with van der Waals surface area (Å²) in [6.07, 6.45) is -2.40. The maximum atomic E-state index is 13.3. The van der Waals surface area contributed by atoms with Crippen LogP contribution in [0.2, 0.25) is 0 Å². The fourth-order valence-corrected chi connectivity index (χ4v) is 5.02. The van der Waals surface area contributed by atoms with E-state index in [0.717, 1.165) is 18.4 Å². The second-order valence-corrected chi connectivity index (χ2v) is 10.9. The summed E-state index contributed by atoms with van der Waals surface area (Å²) in [4.78, 5) is 27.8. The molecule has 2 aliphatic rings. The first-order valence-electron chi connectivity index (χ1n) is 11.1. The maximum absolute atomic E-state index is 13.3. The SMILES string of the molecule is CS(=O)(=O)c1cccc(C(=O)N2CCC[C@@H]2C(=O)N[C@@H](c2ccc(C(F)(F)F)cc2)C2COC2)c1. The number of hydrogen-bond donors (Lipinski definition) is 1. The van der Waals surface area contributed by atoms with Crippen molar-refractivity contribution in [3.8, 4) is 0 Å². The number of benzene rings is 2. The first kappa shape index (κ1) is 25.2. The Morgan fingerprint density at radius 3 is 2.37 bits per heavy atom. The van der Waals surface area contributed by atoms with Crippen LogP contribution in [0.4, 0.5) is 13.2 Å². The lowest BCUT2D eigenvalue weighted by Gasteiger charge is -2.36. The Balaban J connectivity index is 1.52. The van der Waals surface area contributed by atoms with Crippen molar-refractivity contribution in [2.24, 2.45) is 5.92 Å². The van der Waals surface area contributed by atoms with Gasteiger partial charge in [-0.05, 0) is 48.7 Å². The highest BCUT2D eigenvalue weighted by atomic mass is 32.2. The number of sulfone groups is 1. The molecule has 0 aromatic heterocycles. The van der Waals surface area contributed by atoms with E-state index in [1.807, 2.05) is 0 Å². The van der Waals surface area contributed by atoms with Crippen molar-refractivity contribution in [2.45, 2.75) is 36.0 Å². The number of halogens is 3. The highest BCUT2D eigenvalue weighted by Gasteiger charge is 2.38. The third kappa shape index (κ3) is 5.51. The van der Waals surface area contributed by atoms with Crippen LogP contribution in [0.1, 0.15) is 40.4 Å². The van der Waals surface area contributed by atoms with Crippen LogP contribution in [0.15, 0.2) is 53.4 Å². The number of alkyl halides is 3. The molecule has 0 bridgehead atoms. The fraction of sp³-hybridized carbons (Fsp3) is 0.417. The predicted octanol–water partition coefficient (Wildman–Crippen LogP) is 3.22. The van der Waals surface area contributed by atoms with E-state index in [4.69, 9.17) is 4.74 Å². The van der Waals surface area contributed by atoms with E-state index in [1.165, 1.54) is 41.3 Å². The Bertz CT molecular complexity index is 1210. The Labute approximate surface area is 201 Å². The van der Waals surface area contributed by atoms with Gasteiger partial charge in [-0.25, -0.2) is 8.42 Å². The zero-order chi connectivity index (χ0) is 25.4. The quantitative estimate of drug-likeness (QED) is 0.644. The first-order chi connectivity index (χ1) is 16.4. The molecular weight excluding hydrogens is 485 g/mol. The summed E-state index contributed by atoms with van der Waals surface area (Å²) >= 11 is 0. The molecule has 2 aromatic carbocycles. The highest BCUT2D eigenvalue weighted by Crippen LogP contribution is 2.33. The van der Waals surface area contributed by atoms with Crippen molar-refractivity contribution < 1.29 is 35.9 Å². The number of nitrogens with zero attached hydrogens (tertiary/aromatic N) is 1. The number of likely N-dealkylation sites (tertiary alicyclic amines) is 1. The monoisotopic (exact) mass is 510 g/mol. The van der Waals surface area contributed by atoms with E-state index in [2.05, 4.69) is 5.32 Å². The van der Waals surface area contributed by atoms with Gasteiger partial charge in [0.1, 0.15) is 6.04 Å². The van der Waals surface area contributed by atoms with E-state index in [9.17, 15) is 31.2 Å². The molecule has 2 fully saturated rings. The van der Waals surface area contributed by atoms with E-state index in [-0.39, 0.29) is 16.4 Å². The second-order valence-electron chi connectivity index (χ2n) is 8.86. The third-order valence-corrected chi connectivity index (χ3v) is 7.47. The van der Waals surface area contributed by atoms with E-state index < -0.39 is 45.5 Å². The van der Waals surface area contributed by atoms with Gasteiger partial charge in [-0.3, -0.25) is 9.59 Å². The molecular formula is C24H25F3N2O5S. The molecule has 11 heteroatoms. The standard InChI is InChI=1S/C24H25F3N2O5S/c1-35(32,33)19-5-2-4-16(12-19)23(31)29-11-3-6-20(29)22(30)28-21(17-13-34-14-17)15-7-9-18(10-8-15)24(25,26)27/h2,4-5,7-10,12,17,20-21H,3,6,11,13-14H2,1H3,(H,28,30)/t20-,21+/m1/s1. The summed E-state index contributed by atoms with van der Waals surface area (Å²) in [6.45, 7) is 1.05. The molecule has 188 valence electrons. The Morgan fingerprint density at radius 2 is 1.80 bits per heavy atom. The van der Waals surface area contributed by atoms with Crippen LogP contribution < -0.4 is 5.32 Å². The predicted molar refractivity (Wildman–Crippen MR) is 120 cm³/mol. The molecule has 0 radical (unpaired) electrons. The molecule has 0 saturated carbocycles. The molecule has 0 aliphatic carbocycles. The lowest BCUT2D eigenvalue weighted by Crippen LogP contribution is -2.50. The topological polar surface area (TPSA) is 92.8 Å². The smallest absolute Gasteiger partial charge is 0.381 e. The Morgan fingerprint density at radius 1 is 1.11 bits per heavy atom. The van der Waals surface area contributed by atoms with Crippen LogP contribution >= 0.6 is 0 Å². The fourth-order valence-electron chi connectivity index (χ4n) is 4.36. The zero-order valence-corrected chi connectivity index (χ0v) is 19.7. The summed E-state index contributed by atoms with van der Waals surface area (Å²) < 4.78 is 67.9. The summed E-state index contributed by atoms with van der Waals surface area (Å²) in [7, 11) is -3.51. The minimum absolute atomic E-state index is 0.0101. The summed E-state index contributed by atoms with van der Waals surface area (Å²) in [5.74, 6) is -0.967. The molecule has 0 unspecified atom stereocenters. The lowest BCUT2D eigenvalue weighted by molar-refractivity contribution is -0.137. The summed E-state index contributed by atoms with van der Waals surface area (Å²) in [5, 5.41) is 2.92. The van der Waals surface area contributed by atoms with Crippen LogP contribution in [-0.2, 0) is 25.5 Å². The lowest BCUT2D eigenvalue weighted by atomic mass is 9.90. The summed E-state index contributed by atoms with van der Waals surface area (Å²) in [5.41, 5.74) is -0.0873. The van der Waals surface area contributed by atoms with Gasteiger partial charge < -0.3 is 15.0 Å². The van der Waals surface area contributed by atoms with E-state index >= 15 is 0 Å². The molecule has 4 rings (SSSR count). The van der Waals surface area contributed by atoms with Crippen molar-refractivity contribution >= 4 is 21.7 Å². The molecule has 2 atom stereocenters. The van der Waals surface area contributed by atoms with Gasteiger partial charge in [0.05, 0.1) is 29.7 Å². The van der Waals surface area contributed by atoms with Crippen LogP contribution in [0.3, 0.4) is 0 Å². The van der Waals surface area contributed by atoms with Crippen LogP contribution in [0.5, 0.6) is 0 Å². The van der Waals surface area contributed by atoms with Crippen LogP contribution in [-0.4, -0.2) is 57.2 Å². The van der Waals surface area contributed by atoms with E-state index in [0.29, 0.717) is 38.2 Å². The number of hydrogen-bond acceptors (Lipinski definition) is 5. The minimum atomic E-state index is -4.46. The molecule has 1 N–H and O–H groups in total. The van der Waals surface area contributed by atoms with Crippen molar-refractivity contribution in [1.29, 1.82) is 0 Å². The molecule has 35 heavy (non-hydrogen) atoms. The van der Waals surface area contributed by atoms with Crippen LogP contribution in [0, 0.1) is 5.92 Å². The average Bonchev–Trinajstić information content (AvgIpc) is 3.26. The Kier molecular flexibility index (Phi) is 6.92. The maximum Gasteiger partial charge on any atom is 0.416 e. The second kappa shape index (κ2) is 9.62. The number of carbonyl (C=O) groups is 2. The average molecular weight is 511 g/mol. The summed E-state index contributed by atoms with van der Waals surface area (Å²) in [6, 6.07) is 8.99. The number of carbonyl (C=O) groups excluding carboxylic acids is 2. The third-order valence-electron chi connectivity index (χ3n) is 6.36. The molecule has 2 saturated heterocycles. The molecule has 2 aromatic rings. The van der Waals surface area contributed by atoms with Crippen LogP contribution in [0.25, 0.3) is 0 Å². The minimum Gasteiger partial charge on any atom is -0.381 e. The van der Waals surface area contributed by atoms with Gasteiger partial charge >= 0.3 is 6.18 Å². The molecule has 2 aliphatic heterocycles. The van der Waals surface area contributed by atoms with Gasteiger partial charge in [-0.15, -0.1) is 0 Å². The normalized spacial score (nSPS) is 19.8. The largest absolute Gasteiger partial charge is 0.416 e. The van der Waals surface area contributed by atoms with Gasteiger partial charge in [0.25, 0.3) is 5.91 Å². The van der Waals surface area contributed by atoms with Gasteiger partial charge in [0, 0.05) is 24.3 Å². The number of ether oxygens (including phenoxy) is 1. The van der Waals surface area contributed by atoms with Crippen molar-refractivity contribution in [2.75, 3.05) is 26.0 Å². The van der Waals surface area contributed by atoms with Crippen molar-refractivity contribution in [3.05, 3.63) is 65.2 Å². The molecule has 7 nitrogen and oxygen atoms in total. The molecule has 0 spiro atoms. The number of rotatable bonds is 6. The zero-order valence-electron chi connectivity index (χ0n) is 18.9. The highest BCUT2D eigenvalue weighted by molar-refractivity contribution is 7.90. The van der Waals surface area contributed by atoms with Gasteiger partial charge in [0.2, 0.25) is 5.91 Å². The van der Waals surface area contributed by atoms with Gasteiger partial charge in [-0.2, -0.15) is 13.2 Å². The van der Waals surface area contributed by atoms with Gasteiger partial charge in [-0.1, -0.05) is 18.2 Å². The number of amides is 2. The first-order valence-corrected chi connectivity index (χ1v) is 13.0. The van der Waals surface area contributed by atoms with Crippen molar-refractivity contribution in [3.63, 3.8) is 0 Å². The van der Waals surface area contributed by atoms with E-state index in [1.54, 1.807) is 0 Å². The Hall–Kier alpha value is -2.92. The van der Waals surface area contributed by atoms with Gasteiger partial charge in [0.15, 0.2) is 9.84 Å².